The molecule has 2 aromatic rings. The van der Waals surface area contributed by atoms with Crippen LogP contribution >= 0.6 is 0 Å². The van der Waals surface area contributed by atoms with Crippen molar-refractivity contribution in [2.75, 3.05) is 10.8 Å². The van der Waals surface area contributed by atoms with Gasteiger partial charge in [0.2, 0.25) is 10.0 Å². The van der Waals surface area contributed by atoms with Crippen LogP contribution in [0.1, 0.15) is 40.4 Å². The minimum absolute atomic E-state index is 0.00228. The topological polar surface area (TPSA) is 54.5 Å². The van der Waals surface area contributed by atoms with Gasteiger partial charge in [0.05, 0.1) is 11.4 Å². The van der Waals surface area contributed by atoms with Crippen LogP contribution in [0.4, 0.5) is 5.69 Å². The first-order valence-electron chi connectivity index (χ1n) is 8.07. The molecule has 4 nitrogen and oxygen atoms in total. The van der Waals surface area contributed by atoms with Crippen molar-refractivity contribution >= 4 is 21.5 Å². The van der Waals surface area contributed by atoms with Gasteiger partial charge in [0.25, 0.3) is 0 Å². The van der Waals surface area contributed by atoms with E-state index in [4.69, 9.17) is 0 Å². The zero-order valence-electron chi connectivity index (χ0n) is 14.0. The largest absolute Gasteiger partial charge is 0.295 e. The van der Waals surface area contributed by atoms with Gasteiger partial charge in [-0.2, -0.15) is 0 Å². The van der Waals surface area contributed by atoms with E-state index < -0.39 is 10.0 Å². The lowest BCUT2D eigenvalue weighted by atomic mass is 9.99. The summed E-state index contributed by atoms with van der Waals surface area (Å²) in [5, 5.41) is 0. The molecule has 3 rings (SSSR count). The van der Waals surface area contributed by atoms with Crippen molar-refractivity contribution in [3.63, 3.8) is 0 Å². The summed E-state index contributed by atoms with van der Waals surface area (Å²) in [5.41, 5.74) is 4.11. The minimum Gasteiger partial charge on any atom is -0.295 e. The van der Waals surface area contributed by atoms with Gasteiger partial charge >= 0.3 is 0 Å². The molecule has 24 heavy (non-hydrogen) atoms. The Balaban J connectivity index is 1.94. The first-order valence-corrected chi connectivity index (χ1v) is 9.67. The summed E-state index contributed by atoms with van der Waals surface area (Å²) in [6, 6.07) is 12.9. The molecule has 0 saturated heterocycles. The number of carbonyl (C=O) groups excluding carboxylic acids is 1. The Kier molecular flexibility index (Phi) is 4.45. The predicted molar refractivity (Wildman–Crippen MR) is 95.9 cm³/mol. The number of benzene rings is 2. The van der Waals surface area contributed by atoms with Crippen LogP contribution in [0.5, 0.6) is 0 Å². The number of ketones is 1. The Morgan fingerprint density at radius 3 is 2.67 bits per heavy atom. The fourth-order valence-electron chi connectivity index (χ4n) is 3.16. The molecule has 1 aliphatic heterocycles. The monoisotopic (exact) mass is 343 g/mol. The Hall–Kier alpha value is -2.14. The van der Waals surface area contributed by atoms with Crippen molar-refractivity contribution in [3.05, 3.63) is 64.7 Å². The van der Waals surface area contributed by atoms with Crippen molar-refractivity contribution in [1.29, 1.82) is 0 Å². The SMILES string of the molecule is CC(=O)c1ccc2c(c1)CCCN2S(=O)(=O)Cc1cccc(C)c1. The highest BCUT2D eigenvalue weighted by atomic mass is 32.2. The second-order valence-corrected chi connectivity index (χ2v) is 8.21. The highest BCUT2D eigenvalue weighted by Gasteiger charge is 2.28. The molecule has 126 valence electrons. The second kappa shape index (κ2) is 6.40. The van der Waals surface area contributed by atoms with Gasteiger partial charge in [0, 0.05) is 12.1 Å². The Labute approximate surface area is 143 Å². The normalized spacial score (nSPS) is 14.3. The van der Waals surface area contributed by atoms with Crippen LogP contribution in [0, 0.1) is 6.92 Å². The average molecular weight is 343 g/mol. The van der Waals surface area contributed by atoms with Crippen molar-refractivity contribution in [1.82, 2.24) is 0 Å². The highest BCUT2D eigenvalue weighted by molar-refractivity contribution is 7.92. The molecule has 1 aliphatic rings. The van der Waals surface area contributed by atoms with Gasteiger partial charge in [0.1, 0.15) is 0 Å². The lowest BCUT2D eigenvalue weighted by Crippen LogP contribution is -2.36. The van der Waals surface area contributed by atoms with Crippen LogP contribution in [0.15, 0.2) is 42.5 Å². The van der Waals surface area contributed by atoms with Crippen LogP contribution in [0.2, 0.25) is 0 Å². The molecule has 0 fully saturated rings. The number of nitrogens with zero attached hydrogens (tertiary/aromatic N) is 1. The fraction of sp³-hybridized carbons (Fsp3) is 0.316. The van der Waals surface area contributed by atoms with Crippen molar-refractivity contribution in [2.24, 2.45) is 0 Å². The van der Waals surface area contributed by atoms with Gasteiger partial charge in [-0.25, -0.2) is 8.42 Å². The maximum atomic E-state index is 12.9. The molecule has 0 aromatic heterocycles. The summed E-state index contributed by atoms with van der Waals surface area (Å²) in [6.07, 6.45) is 1.56. The van der Waals surface area contributed by atoms with Crippen molar-refractivity contribution in [3.8, 4) is 0 Å². The molecule has 2 aromatic carbocycles. The Morgan fingerprint density at radius 1 is 1.17 bits per heavy atom. The van der Waals surface area contributed by atoms with Crippen LogP contribution in [0.25, 0.3) is 0 Å². The predicted octanol–water partition coefficient (Wildman–Crippen LogP) is 3.48. The smallest absolute Gasteiger partial charge is 0.239 e. The third kappa shape index (κ3) is 3.36. The quantitative estimate of drug-likeness (QED) is 0.799. The second-order valence-electron chi connectivity index (χ2n) is 6.32. The number of hydrogen-bond donors (Lipinski definition) is 0. The van der Waals surface area contributed by atoms with E-state index in [1.807, 2.05) is 37.3 Å². The van der Waals surface area contributed by atoms with Gasteiger partial charge in [-0.05, 0) is 56.0 Å². The van der Waals surface area contributed by atoms with E-state index in [-0.39, 0.29) is 11.5 Å². The maximum absolute atomic E-state index is 12.9. The Bertz CT molecular complexity index is 887. The summed E-state index contributed by atoms with van der Waals surface area (Å²) < 4.78 is 27.3. The third-order valence-corrected chi connectivity index (χ3v) is 6.08. The molecule has 1 heterocycles. The lowest BCUT2D eigenvalue weighted by Gasteiger charge is -2.30. The number of carbonyl (C=O) groups is 1. The van der Waals surface area contributed by atoms with E-state index in [0.29, 0.717) is 17.8 Å². The zero-order valence-corrected chi connectivity index (χ0v) is 14.8. The number of fused-ring (bicyclic) bond motifs is 1. The van der Waals surface area contributed by atoms with Gasteiger partial charge < -0.3 is 0 Å². The number of aryl methyl sites for hydroxylation is 2. The summed E-state index contributed by atoms with van der Waals surface area (Å²) in [4.78, 5) is 11.6. The van der Waals surface area contributed by atoms with Crippen LogP contribution < -0.4 is 4.31 Å². The van der Waals surface area contributed by atoms with Crippen molar-refractivity contribution < 1.29 is 13.2 Å². The summed E-state index contributed by atoms with van der Waals surface area (Å²) in [6.45, 7) is 3.97. The molecule has 0 radical (unpaired) electrons. The molecule has 0 bridgehead atoms. The molecular formula is C19H21NO3S. The van der Waals surface area contributed by atoms with Gasteiger partial charge in [-0.3, -0.25) is 9.10 Å². The van der Waals surface area contributed by atoms with Gasteiger partial charge in [-0.15, -0.1) is 0 Å². The number of anilines is 1. The Morgan fingerprint density at radius 2 is 1.96 bits per heavy atom. The summed E-state index contributed by atoms with van der Waals surface area (Å²) >= 11 is 0. The van der Waals surface area contributed by atoms with Crippen LogP contribution in [-0.4, -0.2) is 20.7 Å². The number of hydrogen-bond acceptors (Lipinski definition) is 3. The molecule has 0 N–H and O–H groups in total. The molecule has 0 aliphatic carbocycles. The minimum atomic E-state index is -3.45. The molecular weight excluding hydrogens is 322 g/mol. The maximum Gasteiger partial charge on any atom is 0.239 e. The molecule has 5 heteroatoms. The first-order chi connectivity index (χ1) is 11.4. The number of sulfonamides is 1. The first kappa shape index (κ1) is 16.7. The molecule has 0 saturated carbocycles. The van der Waals surface area contributed by atoms with Crippen LogP contribution in [-0.2, 0) is 22.2 Å². The number of rotatable bonds is 4. The van der Waals surface area contributed by atoms with E-state index in [9.17, 15) is 13.2 Å². The summed E-state index contributed by atoms with van der Waals surface area (Å²) in [5.74, 6) is -0.0136. The van der Waals surface area contributed by atoms with Gasteiger partial charge in [-0.1, -0.05) is 29.8 Å². The van der Waals surface area contributed by atoms with E-state index in [1.165, 1.54) is 11.2 Å². The zero-order chi connectivity index (χ0) is 17.3. The van der Waals surface area contributed by atoms with E-state index in [0.717, 1.165) is 29.5 Å². The number of Topliss-reactive ketones (excluding diaryl/α,β-unsaturated/α-hetero) is 1. The van der Waals surface area contributed by atoms with E-state index in [1.54, 1.807) is 12.1 Å². The summed E-state index contributed by atoms with van der Waals surface area (Å²) in [7, 11) is -3.45. The third-order valence-electron chi connectivity index (χ3n) is 4.33. The molecule has 0 spiro atoms. The van der Waals surface area contributed by atoms with E-state index >= 15 is 0 Å². The molecule has 0 unspecified atom stereocenters. The highest BCUT2D eigenvalue weighted by Crippen LogP contribution is 2.31. The van der Waals surface area contributed by atoms with E-state index in [2.05, 4.69) is 0 Å². The van der Waals surface area contributed by atoms with Crippen LogP contribution in [0.3, 0.4) is 0 Å². The molecule has 0 atom stereocenters. The average Bonchev–Trinajstić information content (AvgIpc) is 2.53. The standard InChI is InChI=1S/C19H21NO3S/c1-14-5-3-6-16(11-14)13-24(22,23)20-10-4-7-18-12-17(15(2)21)8-9-19(18)20/h3,5-6,8-9,11-12H,4,7,10,13H2,1-2H3. The lowest BCUT2D eigenvalue weighted by molar-refractivity contribution is 0.101. The van der Waals surface area contributed by atoms with Gasteiger partial charge in [0.15, 0.2) is 5.78 Å². The van der Waals surface area contributed by atoms with Crippen molar-refractivity contribution in [2.45, 2.75) is 32.4 Å². The fourth-order valence-corrected chi connectivity index (χ4v) is 4.80. The molecule has 0 amide bonds.